The highest BCUT2D eigenvalue weighted by molar-refractivity contribution is 5.79. The lowest BCUT2D eigenvalue weighted by Gasteiger charge is -2.16. The zero-order valence-electron chi connectivity index (χ0n) is 12.2. The molecule has 0 aliphatic rings. The molecule has 0 saturated heterocycles. The monoisotopic (exact) mass is 264 g/mol. The van der Waals surface area contributed by atoms with Gasteiger partial charge in [0.1, 0.15) is 6.29 Å². The summed E-state index contributed by atoms with van der Waals surface area (Å²) in [6.45, 7) is 7.49. The lowest BCUT2D eigenvalue weighted by Crippen LogP contribution is -2.05. The second-order valence-electron chi connectivity index (χ2n) is 4.63. The third kappa shape index (κ3) is 4.58. The number of hydrogen-bond acceptors (Lipinski definition) is 3. The van der Waals surface area contributed by atoms with Gasteiger partial charge in [-0.1, -0.05) is 26.7 Å². The van der Waals surface area contributed by atoms with Gasteiger partial charge in [0.15, 0.2) is 11.5 Å². The van der Waals surface area contributed by atoms with E-state index in [-0.39, 0.29) is 0 Å². The molecule has 0 spiro atoms. The number of rotatable bonds is 9. The van der Waals surface area contributed by atoms with Gasteiger partial charge in [-0.3, -0.25) is 4.79 Å². The first-order chi connectivity index (χ1) is 9.24. The summed E-state index contributed by atoms with van der Waals surface area (Å²) in [6, 6.07) is 3.62. The number of benzene rings is 1. The van der Waals surface area contributed by atoms with E-state index in [1.54, 1.807) is 6.07 Å². The van der Waals surface area contributed by atoms with E-state index in [2.05, 4.69) is 13.8 Å². The van der Waals surface area contributed by atoms with Crippen LogP contribution in [-0.2, 0) is 0 Å². The number of ether oxygens (including phenoxy) is 2. The Labute approximate surface area is 115 Å². The smallest absolute Gasteiger partial charge is 0.164 e. The molecule has 0 heterocycles. The molecule has 1 aromatic carbocycles. The first-order valence-electron chi connectivity index (χ1n) is 7.08. The molecular formula is C16H24O3. The van der Waals surface area contributed by atoms with Crippen LogP contribution in [0.2, 0.25) is 0 Å². The summed E-state index contributed by atoms with van der Waals surface area (Å²) in [5.41, 5.74) is 1.52. The minimum Gasteiger partial charge on any atom is -0.490 e. The molecule has 0 radical (unpaired) electrons. The normalized spacial score (nSPS) is 10.3. The Balaban J connectivity index is 2.87. The third-order valence-corrected chi connectivity index (χ3v) is 3.04. The molecule has 0 saturated carbocycles. The number of aldehydes is 1. The van der Waals surface area contributed by atoms with Crippen molar-refractivity contribution in [3.63, 3.8) is 0 Å². The number of carbonyl (C=O) groups is 1. The number of carbonyl (C=O) groups excluding carboxylic acids is 1. The molecule has 3 nitrogen and oxygen atoms in total. The zero-order chi connectivity index (χ0) is 14.1. The van der Waals surface area contributed by atoms with Gasteiger partial charge in [-0.2, -0.15) is 0 Å². The maximum atomic E-state index is 11.0. The summed E-state index contributed by atoms with van der Waals surface area (Å²) in [5, 5.41) is 0. The minimum absolute atomic E-state index is 0.657. The summed E-state index contributed by atoms with van der Waals surface area (Å²) in [7, 11) is 0. The first-order valence-corrected chi connectivity index (χ1v) is 7.08. The molecule has 0 bridgehead atoms. The standard InChI is InChI=1S/C16H24O3/c1-4-6-10-18-15-9-8-14(12-17)13(3)16(15)19-11-7-5-2/h8-9,12H,4-7,10-11H2,1-3H3. The highest BCUT2D eigenvalue weighted by Gasteiger charge is 2.12. The molecule has 0 atom stereocenters. The second kappa shape index (κ2) is 8.57. The Kier molecular flexibility index (Phi) is 7.01. The van der Waals surface area contributed by atoms with Crippen LogP contribution < -0.4 is 9.47 Å². The van der Waals surface area contributed by atoms with E-state index in [4.69, 9.17) is 9.47 Å². The van der Waals surface area contributed by atoms with Crippen molar-refractivity contribution in [3.8, 4) is 11.5 Å². The average molecular weight is 264 g/mol. The topological polar surface area (TPSA) is 35.5 Å². The fourth-order valence-electron chi connectivity index (χ4n) is 1.75. The zero-order valence-corrected chi connectivity index (χ0v) is 12.2. The highest BCUT2D eigenvalue weighted by atomic mass is 16.5. The van der Waals surface area contributed by atoms with Crippen LogP contribution in [0.1, 0.15) is 55.5 Å². The van der Waals surface area contributed by atoms with Crippen molar-refractivity contribution in [2.45, 2.75) is 46.5 Å². The lowest BCUT2D eigenvalue weighted by atomic mass is 10.1. The van der Waals surface area contributed by atoms with E-state index >= 15 is 0 Å². The fraction of sp³-hybridized carbons (Fsp3) is 0.562. The van der Waals surface area contributed by atoms with E-state index in [0.717, 1.165) is 43.3 Å². The molecule has 0 fully saturated rings. The van der Waals surface area contributed by atoms with Gasteiger partial charge >= 0.3 is 0 Å². The van der Waals surface area contributed by atoms with Crippen molar-refractivity contribution in [3.05, 3.63) is 23.3 Å². The van der Waals surface area contributed by atoms with Crippen molar-refractivity contribution in [1.29, 1.82) is 0 Å². The van der Waals surface area contributed by atoms with Gasteiger partial charge in [0.2, 0.25) is 0 Å². The highest BCUT2D eigenvalue weighted by Crippen LogP contribution is 2.33. The Bertz CT molecular complexity index is 399. The van der Waals surface area contributed by atoms with Gasteiger partial charge in [0, 0.05) is 11.1 Å². The Morgan fingerprint density at radius 3 is 2.26 bits per heavy atom. The molecule has 0 aliphatic heterocycles. The molecule has 0 N–H and O–H groups in total. The lowest BCUT2D eigenvalue weighted by molar-refractivity contribution is 0.112. The van der Waals surface area contributed by atoms with Crippen molar-refractivity contribution in [2.24, 2.45) is 0 Å². The molecule has 1 aromatic rings. The van der Waals surface area contributed by atoms with Crippen LogP contribution in [0, 0.1) is 6.92 Å². The number of hydrogen-bond donors (Lipinski definition) is 0. The predicted octanol–water partition coefficient (Wildman–Crippen LogP) is 4.17. The Morgan fingerprint density at radius 1 is 1.05 bits per heavy atom. The minimum atomic E-state index is 0.657. The molecule has 0 amide bonds. The molecule has 106 valence electrons. The molecule has 1 rings (SSSR count). The first kappa shape index (κ1) is 15.5. The van der Waals surface area contributed by atoms with Crippen LogP contribution >= 0.6 is 0 Å². The van der Waals surface area contributed by atoms with E-state index in [1.165, 1.54) is 0 Å². The van der Waals surface area contributed by atoms with Crippen molar-refractivity contribution in [1.82, 2.24) is 0 Å². The summed E-state index contributed by atoms with van der Waals surface area (Å²) >= 11 is 0. The maximum absolute atomic E-state index is 11.0. The van der Waals surface area contributed by atoms with Gasteiger partial charge in [0.05, 0.1) is 13.2 Å². The van der Waals surface area contributed by atoms with E-state index < -0.39 is 0 Å². The SMILES string of the molecule is CCCCOc1ccc(C=O)c(C)c1OCCCC. The van der Waals surface area contributed by atoms with Crippen LogP contribution in [-0.4, -0.2) is 19.5 Å². The van der Waals surface area contributed by atoms with Crippen LogP contribution in [0.15, 0.2) is 12.1 Å². The van der Waals surface area contributed by atoms with Crippen LogP contribution in [0.25, 0.3) is 0 Å². The van der Waals surface area contributed by atoms with E-state index in [0.29, 0.717) is 24.5 Å². The van der Waals surface area contributed by atoms with Gasteiger partial charge in [-0.15, -0.1) is 0 Å². The second-order valence-corrected chi connectivity index (χ2v) is 4.63. The molecular weight excluding hydrogens is 240 g/mol. The van der Waals surface area contributed by atoms with Crippen molar-refractivity contribution in [2.75, 3.05) is 13.2 Å². The third-order valence-electron chi connectivity index (χ3n) is 3.04. The summed E-state index contributed by atoms with van der Waals surface area (Å²) in [4.78, 5) is 11.0. The Morgan fingerprint density at radius 2 is 1.68 bits per heavy atom. The fourth-order valence-corrected chi connectivity index (χ4v) is 1.75. The summed E-state index contributed by atoms with van der Waals surface area (Å²) < 4.78 is 11.5. The summed E-state index contributed by atoms with van der Waals surface area (Å²) in [6.07, 6.45) is 5.05. The molecule has 0 aliphatic carbocycles. The molecule has 0 unspecified atom stereocenters. The van der Waals surface area contributed by atoms with Crippen LogP contribution in [0.5, 0.6) is 11.5 Å². The largest absolute Gasteiger partial charge is 0.490 e. The van der Waals surface area contributed by atoms with Crippen molar-refractivity contribution >= 4 is 6.29 Å². The summed E-state index contributed by atoms with van der Waals surface area (Å²) in [5.74, 6) is 1.46. The maximum Gasteiger partial charge on any atom is 0.164 e. The Hall–Kier alpha value is -1.51. The quantitative estimate of drug-likeness (QED) is 0.496. The van der Waals surface area contributed by atoms with Crippen molar-refractivity contribution < 1.29 is 14.3 Å². The molecule has 0 aromatic heterocycles. The van der Waals surface area contributed by atoms with Gasteiger partial charge in [-0.05, 0) is 31.9 Å². The van der Waals surface area contributed by atoms with Gasteiger partial charge in [-0.25, -0.2) is 0 Å². The average Bonchev–Trinajstić information content (AvgIpc) is 2.42. The van der Waals surface area contributed by atoms with Crippen LogP contribution in [0.4, 0.5) is 0 Å². The van der Waals surface area contributed by atoms with E-state index in [9.17, 15) is 4.79 Å². The van der Waals surface area contributed by atoms with Gasteiger partial charge in [0.25, 0.3) is 0 Å². The number of unbranched alkanes of at least 4 members (excludes halogenated alkanes) is 2. The van der Waals surface area contributed by atoms with E-state index in [1.807, 2.05) is 13.0 Å². The molecule has 3 heteroatoms. The van der Waals surface area contributed by atoms with Gasteiger partial charge < -0.3 is 9.47 Å². The molecule has 19 heavy (non-hydrogen) atoms. The predicted molar refractivity (Wildman–Crippen MR) is 77.4 cm³/mol. The van der Waals surface area contributed by atoms with Crippen LogP contribution in [0.3, 0.4) is 0 Å².